The van der Waals surface area contributed by atoms with E-state index < -0.39 is 0 Å². The van der Waals surface area contributed by atoms with Gasteiger partial charge in [0.2, 0.25) is 5.91 Å². The van der Waals surface area contributed by atoms with Gasteiger partial charge in [0.05, 0.1) is 6.04 Å². The zero-order valence-electron chi connectivity index (χ0n) is 10.1. The van der Waals surface area contributed by atoms with Crippen LogP contribution in [-0.4, -0.2) is 54.5 Å². The Bertz CT molecular complexity index is 220. The lowest BCUT2D eigenvalue weighted by Crippen LogP contribution is -2.50. The minimum Gasteiger partial charge on any atom is -0.368 e. The third-order valence-electron chi connectivity index (χ3n) is 3.33. The highest BCUT2D eigenvalue weighted by Gasteiger charge is 2.28. The van der Waals surface area contributed by atoms with E-state index in [1.807, 2.05) is 6.92 Å². The number of nitrogens with zero attached hydrogens (tertiary/aromatic N) is 2. The Morgan fingerprint density at radius 2 is 2.20 bits per heavy atom. The average Bonchev–Trinajstić information content (AvgIpc) is 2.38. The summed E-state index contributed by atoms with van der Waals surface area (Å²) in [5.41, 5.74) is 5.38. The van der Waals surface area contributed by atoms with E-state index in [0.29, 0.717) is 6.04 Å². The van der Waals surface area contributed by atoms with Crippen molar-refractivity contribution < 1.29 is 4.79 Å². The number of nitrogens with two attached hydrogens (primary N) is 1. The Kier molecular flexibility index (Phi) is 4.54. The van der Waals surface area contributed by atoms with Gasteiger partial charge in [0, 0.05) is 19.1 Å². The van der Waals surface area contributed by atoms with Crippen molar-refractivity contribution in [2.45, 2.75) is 38.8 Å². The largest absolute Gasteiger partial charge is 0.368 e. The molecule has 0 bridgehead atoms. The number of hydrogen-bond acceptors (Lipinski definition) is 3. The molecule has 1 saturated heterocycles. The van der Waals surface area contributed by atoms with Crippen molar-refractivity contribution in [1.29, 1.82) is 0 Å². The third-order valence-corrected chi connectivity index (χ3v) is 3.33. The zero-order chi connectivity index (χ0) is 11.4. The molecule has 2 N–H and O–H groups in total. The van der Waals surface area contributed by atoms with Crippen LogP contribution >= 0.6 is 0 Å². The lowest BCUT2D eigenvalue weighted by molar-refractivity contribution is -0.123. The smallest absolute Gasteiger partial charge is 0.234 e. The normalized spacial score (nSPS) is 27.3. The van der Waals surface area contributed by atoms with Crippen LogP contribution in [0.1, 0.15) is 26.7 Å². The summed E-state index contributed by atoms with van der Waals surface area (Å²) in [6.07, 6.45) is 2.19. The van der Waals surface area contributed by atoms with Crippen molar-refractivity contribution >= 4 is 5.91 Å². The summed E-state index contributed by atoms with van der Waals surface area (Å²) in [6.45, 7) is 7.21. The molecule has 4 heteroatoms. The van der Waals surface area contributed by atoms with Crippen molar-refractivity contribution in [2.75, 3.05) is 26.7 Å². The zero-order valence-corrected chi connectivity index (χ0v) is 10.1. The first-order valence-corrected chi connectivity index (χ1v) is 5.79. The van der Waals surface area contributed by atoms with E-state index in [1.165, 1.54) is 0 Å². The summed E-state index contributed by atoms with van der Waals surface area (Å²) < 4.78 is 0. The first-order chi connectivity index (χ1) is 7.06. The molecule has 0 spiro atoms. The predicted octanol–water partition coefficient (Wildman–Crippen LogP) is 0.276. The molecule has 15 heavy (non-hydrogen) atoms. The monoisotopic (exact) mass is 213 g/mol. The van der Waals surface area contributed by atoms with E-state index in [0.717, 1.165) is 32.5 Å². The molecule has 1 fully saturated rings. The number of rotatable bonds is 3. The van der Waals surface area contributed by atoms with Crippen LogP contribution in [-0.2, 0) is 4.79 Å². The van der Waals surface area contributed by atoms with E-state index in [-0.39, 0.29) is 11.9 Å². The molecule has 2 unspecified atom stereocenters. The molecule has 0 aromatic heterocycles. The Balaban J connectivity index is 2.70. The summed E-state index contributed by atoms with van der Waals surface area (Å²) in [5, 5.41) is 0. The molecule has 1 aliphatic heterocycles. The highest BCUT2D eigenvalue weighted by Crippen LogP contribution is 2.14. The molecule has 1 heterocycles. The van der Waals surface area contributed by atoms with Gasteiger partial charge < -0.3 is 10.6 Å². The van der Waals surface area contributed by atoms with Crippen molar-refractivity contribution in [3.05, 3.63) is 0 Å². The molecule has 1 rings (SSSR count). The number of primary amides is 1. The number of hydrogen-bond donors (Lipinski definition) is 1. The number of carbonyl (C=O) groups excluding carboxylic acids is 1. The number of amides is 1. The molecule has 4 nitrogen and oxygen atoms in total. The third kappa shape index (κ3) is 3.18. The second-order valence-electron chi connectivity index (χ2n) is 4.49. The Morgan fingerprint density at radius 3 is 2.73 bits per heavy atom. The van der Waals surface area contributed by atoms with Gasteiger partial charge in [-0.05, 0) is 33.4 Å². The van der Waals surface area contributed by atoms with Crippen molar-refractivity contribution in [2.24, 2.45) is 5.73 Å². The molecule has 0 saturated carbocycles. The molecule has 1 aliphatic rings. The number of carbonyl (C=O) groups is 1. The van der Waals surface area contributed by atoms with Crippen LogP contribution in [0.15, 0.2) is 0 Å². The van der Waals surface area contributed by atoms with Crippen LogP contribution in [0, 0.1) is 0 Å². The quantitative estimate of drug-likeness (QED) is 0.732. The van der Waals surface area contributed by atoms with Gasteiger partial charge in [-0.1, -0.05) is 6.92 Å². The van der Waals surface area contributed by atoms with Gasteiger partial charge in [-0.3, -0.25) is 9.69 Å². The summed E-state index contributed by atoms with van der Waals surface area (Å²) >= 11 is 0. The number of likely N-dealkylation sites (N-methyl/N-ethyl adjacent to an activating group) is 1. The minimum absolute atomic E-state index is 0.138. The van der Waals surface area contributed by atoms with Gasteiger partial charge in [0.1, 0.15) is 0 Å². The van der Waals surface area contributed by atoms with E-state index in [1.54, 1.807) is 0 Å². The maximum Gasteiger partial charge on any atom is 0.234 e. The van der Waals surface area contributed by atoms with E-state index in [2.05, 4.69) is 23.8 Å². The Labute approximate surface area is 92.4 Å². The molecular weight excluding hydrogens is 190 g/mol. The fraction of sp³-hybridized carbons (Fsp3) is 0.909. The first kappa shape index (κ1) is 12.5. The van der Waals surface area contributed by atoms with Gasteiger partial charge in [0.15, 0.2) is 0 Å². The lowest BCUT2D eigenvalue weighted by Gasteiger charge is -2.33. The second kappa shape index (κ2) is 5.47. The van der Waals surface area contributed by atoms with Crippen molar-refractivity contribution in [3.63, 3.8) is 0 Å². The van der Waals surface area contributed by atoms with E-state index >= 15 is 0 Å². The lowest BCUT2D eigenvalue weighted by atomic mass is 10.1. The topological polar surface area (TPSA) is 49.6 Å². The van der Waals surface area contributed by atoms with Gasteiger partial charge in [-0.15, -0.1) is 0 Å². The van der Waals surface area contributed by atoms with Gasteiger partial charge in [-0.25, -0.2) is 0 Å². The standard InChI is InChI=1S/C11H23N3O/c1-4-10-8-13(3)6-5-7-14(10)9(2)11(12)15/h9-10H,4-8H2,1-3H3,(H2,12,15). The molecule has 0 aliphatic carbocycles. The molecule has 0 radical (unpaired) electrons. The summed E-state index contributed by atoms with van der Waals surface area (Å²) in [5.74, 6) is -0.210. The fourth-order valence-electron chi connectivity index (χ4n) is 2.30. The van der Waals surface area contributed by atoms with Crippen LogP contribution in [0.2, 0.25) is 0 Å². The maximum atomic E-state index is 11.2. The van der Waals surface area contributed by atoms with Gasteiger partial charge >= 0.3 is 0 Å². The minimum atomic E-state index is -0.210. The molecule has 88 valence electrons. The SMILES string of the molecule is CCC1CN(C)CCCN1C(C)C(N)=O. The highest BCUT2D eigenvalue weighted by molar-refractivity contribution is 5.79. The predicted molar refractivity (Wildman–Crippen MR) is 61.6 cm³/mol. The first-order valence-electron chi connectivity index (χ1n) is 5.79. The molecule has 1 amide bonds. The maximum absolute atomic E-state index is 11.2. The van der Waals surface area contributed by atoms with Crippen LogP contribution in [0.25, 0.3) is 0 Å². The molecular formula is C11H23N3O. The van der Waals surface area contributed by atoms with E-state index in [4.69, 9.17) is 5.73 Å². The Hall–Kier alpha value is -0.610. The van der Waals surface area contributed by atoms with Crippen molar-refractivity contribution in [1.82, 2.24) is 9.80 Å². The fourth-order valence-corrected chi connectivity index (χ4v) is 2.30. The van der Waals surface area contributed by atoms with Crippen LogP contribution in [0.5, 0.6) is 0 Å². The van der Waals surface area contributed by atoms with Crippen LogP contribution in [0.4, 0.5) is 0 Å². The molecule has 0 aromatic rings. The van der Waals surface area contributed by atoms with Crippen molar-refractivity contribution in [3.8, 4) is 0 Å². The van der Waals surface area contributed by atoms with E-state index in [9.17, 15) is 4.79 Å². The average molecular weight is 213 g/mol. The summed E-state index contributed by atoms with van der Waals surface area (Å²) in [4.78, 5) is 15.8. The second-order valence-corrected chi connectivity index (χ2v) is 4.49. The summed E-state index contributed by atoms with van der Waals surface area (Å²) in [7, 11) is 2.14. The van der Waals surface area contributed by atoms with Gasteiger partial charge in [-0.2, -0.15) is 0 Å². The molecule has 0 aromatic carbocycles. The Morgan fingerprint density at radius 1 is 1.53 bits per heavy atom. The van der Waals surface area contributed by atoms with Gasteiger partial charge in [0.25, 0.3) is 0 Å². The van der Waals surface area contributed by atoms with Crippen LogP contribution in [0.3, 0.4) is 0 Å². The highest BCUT2D eigenvalue weighted by atomic mass is 16.1. The van der Waals surface area contributed by atoms with Crippen LogP contribution < -0.4 is 5.73 Å². The summed E-state index contributed by atoms with van der Waals surface area (Å²) in [6, 6.07) is 0.321. The molecule has 2 atom stereocenters.